The molecule has 39 heavy (non-hydrogen) atoms. The third kappa shape index (κ3) is 19.0. The van der Waals surface area contributed by atoms with Crippen molar-refractivity contribution in [2.45, 2.75) is 39.2 Å². The summed E-state index contributed by atoms with van der Waals surface area (Å²) >= 11 is 0. The normalized spacial score (nSPS) is 13.9. The van der Waals surface area contributed by atoms with Crippen molar-refractivity contribution in [2.24, 2.45) is 5.92 Å². The zero-order chi connectivity index (χ0) is 29.5. The van der Waals surface area contributed by atoms with Gasteiger partial charge in [0.1, 0.15) is 12.6 Å². The van der Waals surface area contributed by atoms with Crippen LogP contribution in [0.3, 0.4) is 0 Å². The molecule has 3 rings (SSSR count). The Hall–Kier alpha value is -2.78. The molecule has 2 aromatic carbocycles. The molecule has 1 fully saturated rings. The number of carbonyl (C=O) groups is 2. The molecule has 2 N–H and O–H groups in total. The Morgan fingerprint density at radius 3 is 2.18 bits per heavy atom. The van der Waals surface area contributed by atoms with Crippen LogP contribution >= 0.6 is 0 Å². The monoisotopic (exact) mass is 545 g/mol. The Balaban J connectivity index is 0.000000523. The van der Waals surface area contributed by atoms with Gasteiger partial charge in [-0.2, -0.15) is 0 Å². The minimum Gasteiger partial charge on any atom is -0.493 e. The molecule has 0 saturated carbocycles. The van der Waals surface area contributed by atoms with Gasteiger partial charge in [0.2, 0.25) is 0 Å². The summed E-state index contributed by atoms with van der Waals surface area (Å²) in [6.45, 7) is 8.49. The molecule has 1 unspecified atom stereocenters. The number of aliphatic hydroxyl groups excluding tert-OH is 1. The second-order valence-electron chi connectivity index (χ2n) is 9.99. The van der Waals surface area contributed by atoms with E-state index in [4.69, 9.17) is 14.6 Å². The number of aldehydes is 2. The third-order valence-electron chi connectivity index (χ3n) is 5.86. The summed E-state index contributed by atoms with van der Waals surface area (Å²) in [5.41, 5.74) is 1.61. The van der Waals surface area contributed by atoms with Crippen molar-refractivity contribution < 1.29 is 24.2 Å². The smallest absolute Gasteiger partial charge is 0.161 e. The number of nitrogens with one attached hydrogen (secondary N) is 1. The lowest BCUT2D eigenvalue weighted by atomic mass is 10.1. The van der Waals surface area contributed by atoms with Crippen LogP contribution in [0.1, 0.15) is 42.6 Å². The van der Waals surface area contributed by atoms with E-state index in [1.165, 1.54) is 33.2 Å². The summed E-state index contributed by atoms with van der Waals surface area (Å²) in [6, 6.07) is 15.3. The van der Waals surface area contributed by atoms with Crippen LogP contribution in [-0.2, 0) is 11.2 Å². The molecule has 0 bridgehead atoms. The van der Waals surface area contributed by atoms with Crippen LogP contribution in [0.15, 0.2) is 48.5 Å². The summed E-state index contributed by atoms with van der Waals surface area (Å²) in [5.74, 6) is 2.01. The maximum absolute atomic E-state index is 10.6. The van der Waals surface area contributed by atoms with Crippen molar-refractivity contribution in [2.75, 3.05) is 68.1 Å². The van der Waals surface area contributed by atoms with Gasteiger partial charge in [-0.1, -0.05) is 30.3 Å². The van der Waals surface area contributed by atoms with E-state index in [-0.39, 0.29) is 6.61 Å². The lowest BCUT2D eigenvalue weighted by molar-refractivity contribution is -0.107. The van der Waals surface area contributed by atoms with E-state index in [1.807, 2.05) is 30.3 Å². The molecule has 0 aromatic heterocycles. The van der Waals surface area contributed by atoms with Gasteiger partial charge in [-0.25, -0.2) is 0 Å². The zero-order valence-corrected chi connectivity index (χ0v) is 25.1. The first kappa shape index (κ1) is 36.2. The van der Waals surface area contributed by atoms with Crippen LogP contribution in [0.4, 0.5) is 0 Å². The topological polar surface area (TPSA) is 91.3 Å². The number of hydrogen-bond donors (Lipinski definition) is 2. The van der Waals surface area contributed by atoms with E-state index >= 15 is 0 Å². The summed E-state index contributed by atoms with van der Waals surface area (Å²) in [6.07, 6.45) is 4.10. The Bertz CT molecular complexity index is 864. The van der Waals surface area contributed by atoms with Crippen LogP contribution in [0, 0.1) is 5.92 Å². The number of methoxy groups -OCH3 is 1. The first-order valence-corrected chi connectivity index (χ1v) is 13.5. The number of ether oxygens (including phenoxy) is 2. The number of hydrogen-bond acceptors (Lipinski definition) is 8. The van der Waals surface area contributed by atoms with E-state index in [9.17, 15) is 9.59 Å². The van der Waals surface area contributed by atoms with Gasteiger partial charge < -0.3 is 34.5 Å². The molecule has 1 aliphatic rings. The van der Waals surface area contributed by atoms with Crippen LogP contribution in [0.5, 0.6) is 11.5 Å². The Labute approximate surface area is 236 Å². The highest BCUT2D eigenvalue weighted by molar-refractivity contribution is 5.76. The van der Waals surface area contributed by atoms with E-state index < -0.39 is 0 Å². The summed E-state index contributed by atoms with van der Waals surface area (Å²) in [4.78, 5) is 25.0. The highest BCUT2D eigenvalue weighted by atomic mass is 16.5. The van der Waals surface area contributed by atoms with Gasteiger partial charge in [0.15, 0.2) is 11.5 Å². The highest BCUT2D eigenvalue weighted by Crippen LogP contribution is 2.27. The molecule has 0 aliphatic carbocycles. The van der Waals surface area contributed by atoms with E-state index in [2.05, 4.69) is 57.2 Å². The molecule has 220 valence electrons. The lowest BCUT2D eigenvalue weighted by Gasteiger charge is -2.13. The van der Waals surface area contributed by atoms with Crippen LogP contribution in [0.25, 0.3) is 0 Å². The molecular formula is C31H51N3O5. The summed E-state index contributed by atoms with van der Waals surface area (Å²) in [5, 5.41) is 12.0. The average Bonchev–Trinajstić information content (AvgIpc) is 3.43. The van der Waals surface area contributed by atoms with Crippen molar-refractivity contribution in [3.8, 4) is 11.5 Å². The van der Waals surface area contributed by atoms with Crippen molar-refractivity contribution in [1.82, 2.24) is 15.1 Å². The molecule has 8 nitrogen and oxygen atoms in total. The molecule has 0 amide bonds. The van der Waals surface area contributed by atoms with Gasteiger partial charge in [0.05, 0.1) is 13.7 Å². The van der Waals surface area contributed by atoms with Gasteiger partial charge >= 0.3 is 0 Å². The fraction of sp³-hybridized carbons (Fsp3) is 0.548. The second kappa shape index (κ2) is 23.1. The SMILES string of the molecule is CC(C)N(C)C.CN(C)CC1CCNC1.COc1ccc(C=O)cc1OCCCO.O=CCc1ccccc1. The highest BCUT2D eigenvalue weighted by Gasteiger charge is 2.14. The number of aliphatic hydroxyl groups is 1. The second-order valence-corrected chi connectivity index (χ2v) is 9.99. The number of benzene rings is 2. The minimum atomic E-state index is 0.0791. The first-order valence-electron chi connectivity index (χ1n) is 13.5. The number of carbonyl (C=O) groups excluding carboxylic acids is 2. The first-order chi connectivity index (χ1) is 18.7. The molecule has 1 aliphatic heterocycles. The van der Waals surface area contributed by atoms with Crippen LogP contribution in [0.2, 0.25) is 0 Å². The molecule has 1 heterocycles. The fourth-order valence-electron chi connectivity index (χ4n) is 3.22. The van der Waals surface area contributed by atoms with Gasteiger partial charge in [-0.3, -0.25) is 4.79 Å². The number of nitrogens with zero attached hydrogens (tertiary/aromatic N) is 2. The molecular weight excluding hydrogens is 494 g/mol. The van der Waals surface area contributed by atoms with Crippen molar-refractivity contribution in [1.29, 1.82) is 0 Å². The Morgan fingerprint density at radius 2 is 1.72 bits per heavy atom. The number of rotatable bonds is 11. The average molecular weight is 546 g/mol. The summed E-state index contributed by atoms with van der Waals surface area (Å²) in [7, 11) is 9.96. The molecule has 2 aromatic rings. The largest absolute Gasteiger partial charge is 0.493 e. The molecule has 0 radical (unpaired) electrons. The van der Waals surface area contributed by atoms with Crippen molar-refractivity contribution in [3.05, 3.63) is 59.7 Å². The van der Waals surface area contributed by atoms with Crippen LogP contribution < -0.4 is 14.8 Å². The molecule has 0 spiro atoms. The third-order valence-corrected chi connectivity index (χ3v) is 5.86. The predicted molar refractivity (Wildman–Crippen MR) is 160 cm³/mol. The van der Waals surface area contributed by atoms with Gasteiger partial charge in [0.25, 0.3) is 0 Å². The maximum atomic E-state index is 10.6. The van der Waals surface area contributed by atoms with Crippen LogP contribution in [-0.4, -0.2) is 102 Å². The van der Waals surface area contributed by atoms with E-state index in [0.717, 1.165) is 24.1 Å². The lowest BCUT2D eigenvalue weighted by Crippen LogP contribution is -2.23. The van der Waals surface area contributed by atoms with Gasteiger partial charge in [-0.15, -0.1) is 0 Å². The zero-order valence-electron chi connectivity index (χ0n) is 25.1. The maximum Gasteiger partial charge on any atom is 0.161 e. The molecule has 8 heteroatoms. The fourth-order valence-corrected chi connectivity index (χ4v) is 3.22. The summed E-state index contributed by atoms with van der Waals surface area (Å²) < 4.78 is 10.4. The van der Waals surface area contributed by atoms with Gasteiger partial charge in [-0.05, 0) is 91.2 Å². The quantitative estimate of drug-likeness (QED) is 0.325. The van der Waals surface area contributed by atoms with Crippen molar-refractivity contribution >= 4 is 12.6 Å². The van der Waals surface area contributed by atoms with Gasteiger partial charge in [0, 0.05) is 37.6 Å². The Kier molecular flexibility index (Phi) is 21.5. The standard InChI is InChI=1S/C11H14O4.C8H8O.C7H16N2.C5H13N/c1-14-10-4-3-9(8-13)7-11(10)15-6-2-5-12;9-7-6-8-4-2-1-3-5-8;1-9(2)6-7-3-4-8-5-7;1-5(2)6(3)4/h3-4,7-8,12H,2,5-6H2,1H3;1-5,7H,6H2;7-8H,3-6H2,1-2H3;5H,1-4H3. The Morgan fingerprint density at radius 1 is 1.05 bits per heavy atom. The molecule has 1 atom stereocenters. The van der Waals surface area contributed by atoms with E-state index in [0.29, 0.717) is 42.6 Å². The minimum absolute atomic E-state index is 0.0791. The molecule has 1 saturated heterocycles. The predicted octanol–water partition coefficient (Wildman–Crippen LogP) is 3.81. The van der Waals surface area contributed by atoms with Crippen molar-refractivity contribution in [3.63, 3.8) is 0 Å². The van der Waals surface area contributed by atoms with E-state index in [1.54, 1.807) is 18.2 Å².